The van der Waals surface area contributed by atoms with Crippen molar-refractivity contribution in [2.75, 3.05) is 0 Å². The SMILES string of the molecule is Cc1cn(-c2cnc(C=O)c3cnoc23)cn1. The minimum atomic E-state index is 0.321. The van der Waals surface area contributed by atoms with Crippen molar-refractivity contribution in [3.05, 3.63) is 36.3 Å². The zero-order valence-corrected chi connectivity index (χ0v) is 8.99. The first-order valence-corrected chi connectivity index (χ1v) is 4.99. The van der Waals surface area contributed by atoms with Gasteiger partial charge in [-0.15, -0.1) is 0 Å². The molecule has 3 heterocycles. The van der Waals surface area contributed by atoms with Gasteiger partial charge in [0.15, 0.2) is 11.9 Å². The molecule has 17 heavy (non-hydrogen) atoms. The van der Waals surface area contributed by atoms with Crippen molar-refractivity contribution in [2.45, 2.75) is 6.92 Å². The van der Waals surface area contributed by atoms with Crippen molar-refractivity contribution in [1.82, 2.24) is 19.7 Å². The second-order valence-corrected chi connectivity index (χ2v) is 3.64. The van der Waals surface area contributed by atoms with Crippen LogP contribution < -0.4 is 0 Å². The molecule has 3 aromatic heterocycles. The van der Waals surface area contributed by atoms with Gasteiger partial charge in [-0.3, -0.25) is 9.78 Å². The third kappa shape index (κ3) is 1.42. The van der Waals surface area contributed by atoms with E-state index in [1.807, 2.05) is 13.1 Å². The van der Waals surface area contributed by atoms with Crippen LogP contribution in [0.1, 0.15) is 16.2 Å². The molecule has 0 atom stereocenters. The highest BCUT2D eigenvalue weighted by atomic mass is 16.5. The van der Waals surface area contributed by atoms with Gasteiger partial charge >= 0.3 is 0 Å². The third-order valence-corrected chi connectivity index (χ3v) is 2.51. The van der Waals surface area contributed by atoms with Gasteiger partial charge in [0.25, 0.3) is 0 Å². The van der Waals surface area contributed by atoms with E-state index < -0.39 is 0 Å². The maximum atomic E-state index is 10.8. The summed E-state index contributed by atoms with van der Waals surface area (Å²) in [6.45, 7) is 1.89. The van der Waals surface area contributed by atoms with Gasteiger partial charge in [-0.05, 0) is 6.92 Å². The summed E-state index contributed by atoms with van der Waals surface area (Å²) < 4.78 is 6.94. The number of rotatable bonds is 2. The Labute approximate surface area is 95.9 Å². The summed E-state index contributed by atoms with van der Waals surface area (Å²) in [7, 11) is 0. The molecule has 84 valence electrons. The van der Waals surface area contributed by atoms with E-state index >= 15 is 0 Å². The first-order chi connectivity index (χ1) is 8.29. The zero-order chi connectivity index (χ0) is 11.8. The largest absolute Gasteiger partial charge is 0.354 e. The summed E-state index contributed by atoms with van der Waals surface area (Å²) in [6, 6.07) is 0. The number of nitrogens with zero attached hydrogens (tertiary/aromatic N) is 4. The fourth-order valence-corrected chi connectivity index (χ4v) is 1.70. The maximum absolute atomic E-state index is 10.8. The number of hydrogen-bond donors (Lipinski definition) is 0. The van der Waals surface area contributed by atoms with Crippen LogP contribution in [0, 0.1) is 6.92 Å². The van der Waals surface area contributed by atoms with Gasteiger partial charge in [0.2, 0.25) is 0 Å². The predicted octanol–water partition coefficient (Wildman–Crippen LogP) is 1.53. The Morgan fingerprint density at radius 2 is 2.24 bits per heavy atom. The highest BCUT2D eigenvalue weighted by Crippen LogP contribution is 2.22. The van der Waals surface area contributed by atoms with Crippen molar-refractivity contribution in [3.8, 4) is 5.69 Å². The van der Waals surface area contributed by atoms with Gasteiger partial charge in [-0.1, -0.05) is 5.16 Å². The van der Waals surface area contributed by atoms with Crippen molar-refractivity contribution >= 4 is 17.3 Å². The van der Waals surface area contributed by atoms with Crippen molar-refractivity contribution in [1.29, 1.82) is 0 Å². The molecule has 6 nitrogen and oxygen atoms in total. The van der Waals surface area contributed by atoms with E-state index in [9.17, 15) is 4.79 Å². The van der Waals surface area contributed by atoms with Crippen LogP contribution in [0.4, 0.5) is 0 Å². The minimum Gasteiger partial charge on any atom is -0.354 e. The molecule has 0 aliphatic carbocycles. The smallest absolute Gasteiger partial charge is 0.194 e. The van der Waals surface area contributed by atoms with Gasteiger partial charge in [-0.2, -0.15) is 0 Å². The lowest BCUT2D eigenvalue weighted by Gasteiger charge is -2.01. The van der Waals surface area contributed by atoms with Gasteiger partial charge in [0.05, 0.1) is 29.8 Å². The van der Waals surface area contributed by atoms with Crippen molar-refractivity contribution in [3.63, 3.8) is 0 Å². The van der Waals surface area contributed by atoms with E-state index in [-0.39, 0.29) is 0 Å². The Bertz CT molecular complexity index is 698. The molecule has 0 unspecified atom stereocenters. The number of aromatic nitrogens is 4. The second kappa shape index (κ2) is 3.51. The molecule has 3 aromatic rings. The predicted molar refractivity (Wildman–Crippen MR) is 59.1 cm³/mol. The minimum absolute atomic E-state index is 0.321. The number of hydrogen-bond acceptors (Lipinski definition) is 5. The van der Waals surface area contributed by atoms with Crippen LogP contribution in [0.3, 0.4) is 0 Å². The average molecular weight is 228 g/mol. The molecule has 0 saturated heterocycles. The van der Waals surface area contributed by atoms with E-state index in [4.69, 9.17) is 4.52 Å². The number of aldehydes is 1. The molecule has 0 bridgehead atoms. The van der Waals surface area contributed by atoms with Gasteiger partial charge < -0.3 is 9.09 Å². The lowest BCUT2D eigenvalue weighted by atomic mass is 10.2. The first kappa shape index (κ1) is 9.71. The van der Waals surface area contributed by atoms with Crippen LogP contribution >= 0.6 is 0 Å². The van der Waals surface area contributed by atoms with E-state index in [0.29, 0.717) is 28.6 Å². The Kier molecular flexibility index (Phi) is 2.01. The summed E-state index contributed by atoms with van der Waals surface area (Å²) in [4.78, 5) is 19.0. The number of pyridine rings is 1. The molecule has 0 N–H and O–H groups in total. The molecular weight excluding hydrogens is 220 g/mol. The van der Waals surface area contributed by atoms with Crippen molar-refractivity contribution < 1.29 is 9.32 Å². The van der Waals surface area contributed by atoms with Gasteiger partial charge in [0, 0.05) is 6.20 Å². The highest BCUT2D eigenvalue weighted by Gasteiger charge is 2.12. The maximum Gasteiger partial charge on any atom is 0.194 e. The fourth-order valence-electron chi connectivity index (χ4n) is 1.70. The number of fused-ring (bicyclic) bond motifs is 1. The molecule has 0 aromatic carbocycles. The number of imidazole rings is 1. The molecule has 0 amide bonds. The average Bonchev–Trinajstić information content (AvgIpc) is 2.96. The topological polar surface area (TPSA) is 73.8 Å². The first-order valence-electron chi connectivity index (χ1n) is 4.99. The summed E-state index contributed by atoms with van der Waals surface area (Å²) in [5, 5.41) is 4.30. The van der Waals surface area contributed by atoms with E-state index in [0.717, 1.165) is 5.69 Å². The molecule has 0 fully saturated rings. The molecule has 0 radical (unpaired) electrons. The molecule has 0 aliphatic rings. The molecule has 0 aliphatic heterocycles. The van der Waals surface area contributed by atoms with Crippen LogP contribution in [0.25, 0.3) is 16.7 Å². The summed E-state index contributed by atoms with van der Waals surface area (Å²) >= 11 is 0. The molecule has 0 saturated carbocycles. The Morgan fingerprint density at radius 3 is 2.94 bits per heavy atom. The number of carbonyl (C=O) groups excluding carboxylic acids is 1. The lowest BCUT2D eigenvalue weighted by Crippen LogP contribution is -1.95. The van der Waals surface area contributed by atoms with Crippen LogP contribution in [0.5, 0.6) is 0 Å². The van der Waals surface area contributed by atoms with Crippen molar-refractivity contribution in [2.24, 2.45) is 0 Å². The summed E-state index contributed by atoms with van der Waals surface area (Å²) in [6.07, 6.45) is 7.24. The molecular formula is C11H8N4O2. The van der Waals surface area contributed by atoms with Crippen LogP contribution in [0.15, 0.2) is 29.4 Å². The molecule has 3 rings (SSSR count). The number of carbonyl (C=O) groups is 1. The summed E-state index contributed by atoms with van der Waals surface area (Å²) in [5.74, 6) is 0. The molecule has 0 spiro atoms. The van der Waals surface area contributed by atoms with Gasteiger partial charge in [0.1, 0.15) is 11.4 Å². The standard InChI is InChI=1S/C11H8N4O2/c1-7-4-15(6-13-7)10-3-12-9(5-16)8-2-14-17-11(8)10/h2-6H,1H3. The lowest BCUT2D eigenvalue weighted by molar-refractivity contribution is 0.112. The van der Waals surface area contributed by atoms with Gasteiger partial charge in [-0.25, -0.2) is 4.98 Å². The third-order valence-electron chi connectivity index (χ3n) is 2.51. The van der Waals surface area contributed by atoms with Crippen LogP contribution in [-0.4, -0.2) is 26.0 Å². The normalized spacial score (nSPS) is 10.9. The quantitative estimate of drug-likeness (QED) is 0.622. The monoisotopic (exact) mass is 228 g/mol. The van der Waals surface area contributed by atoms with Crippen LogP contribution in [-0.2, 0) is 0 Å². The second-order valence-electron chi connectivity index (χ2n) is 3.64. The Balaban J connectivity index is 2.31. The highest BCUT2D eigenvalue weighted by molar-refractivity contribution is 5.96. The zero-order valence-electron chi connectivity index (χ0n) is 8.99. The van der Waals surface area contributed by atoms with E-state index in [2.05, 4.69) is 15.1 Å². The Morgan fingerprint density at radius 1 is 1.35 bits per heavy atom. The fraction of sp³-hybridized carbons (Fsp3) is 0.0909. The summed E-state index contributed by atoms with van der Waals surface area (Å²) in [5.41, 5.74) is 2.45. The number of aryl methyl sites for hydroxylation is 1. The van der Waals surface area contributed by atoms with Crippen LogP contribution in [0.2, 0.25) is 0 Å². The van der Waals surface area contributed by atoms with E-state index in [1.54, 1.807) is 17.1 Å². The van der Waals surface area contributed by atoms with E-state index in [1.165, 1.54) is 6.20 Å². The molecule has 6 heteroatoms. The Hall–Kier alpha value is -2.50.